The number of hydrogen-bond donors (Lipinski definition) is 1. The smallest absolute Gasteiger partial charge is 0.244 e. The number of rotatable bonds is 6. The molecule has 0 saturated carbocycles. The van der Waals surface area contributed by atoms with E-state index >= 15 is 0 Å². The SMILES string of the molecule is C[C@H](CNC(=O)[C@H](C)n1nc(-c2ccccc2)c2cc(Cl)ccc21)c1ccccc1. The largest absolute Gasteiger partial charge is 0.354 e. The molecule has 5 heteroatoms. The summed E-state index contributed by atoms with van der Waals surface area (Å²) in [6.07, 6.45) is 0. The van der Waals surface area contributed by atoms with Crippen LogP contribution in [0, 0.1) is 0 Å². The highest BCUT2D eigenvalue weighted by Crippen LogP contribution is 2.31. The monoisotopic (exact) mass is 417 g/mol. The summed E-state index contributed by atoms with van der Waals surface area (Å²) in [6, 6.07) is 25.4. The molecule has 0 fully saturated rings. The molecule has 4 nitrogen and oxygen atoms in total. The van der Waals surface area contributed by atoms with Gasteiger partial charge in [0.05, 0.1) is 5.52 Å². The Bertz CT molecular complexity index is 1160. The Morgan fingerprint density at radius 3 is 2.37 bits per heavy atom. The zero-order valence-electron chi connectivity index (χ0n) is 17.0. The van der Waals surface area contributed by atoms with Crippen molar-refractivity contribution in [2.24, 2.45) is 0 Å². The Labute approximate surface area is 181 Å². The number of halogens is 1. The van der Waals surface area contributed by atoms with Crippen molar-refractivity contribution in [3.05, 3.63) is 89.4 Å². The lowest BCUT2D eigenvalue weighted by molar-refractivity contribution is -0.124. The minimum atomic E-state index is -0.450. The molecule has 3 aromatic carbocycles. The number of carbonyl (C=O) groups excluding carboxylic acids is 1. The van der Waals surface area contributed by atoms with Gasteiger partial charge in [-0.2, -0.15) is 5.10 Å². The fourth-order valence-electron chi connectivity index (χ4n) is 3.63. The lowest BCUT2D eigenvalue weighted by atomic mass is 10.0. The van der Waals surface area contributed by atoms with Crippen LogP contribution in [0.2, 0.25) is 5.02 Å². The number of hydrogen-bond acceptors (Lipinski definition) is 2. The fraction of sp³-hybridized carbons (Fsp3) is 0.200. The van der Waals surface area contributed by atoms with Crippen LogP contribution in [0.15, 0.2) is 78.9 Å². The van der Waals surface area contributed by atoms with Crippen molar-refractivity contribution in [2.75, 3.05) is 6.54 Å². The minimum absolute atomic E-state index is 0.0586. The summed E-state index contributed by atoms with van der Waals surface area (Å²) >= 11 is 6.26. The van der Waals surface area contributed by atoms with Crippen LogP contribution in [-0.2, 0) is 4.79 Å². The van der Waals surface area contributed by atoms with Gasteiger partial charge in [-0.25, -0.2) is 0 Å². The number of nitrogens with zero attached hydrogens (tertiary/aromatic N) is 2. The summed E-state index contributed by atoms with van der Waals surface area (Å²) in [7, 11) is 0. The van der Waals surface area contributed by atoms with Crippen molar-refractivity contribution in [3.8, 4) is 11.3 Å². The van der Waals surface area contributed by atoms with Crippen molar-refractivity contribution in [1.82, 2.24) is 15.1 Å². The number of amides is 1. The Balaban J connectivity index is 1.60. The topological polar surface area (TPSA) is 46.9 Å². The molecule has 1 N–H and O–H groups in total. The number of carbonyl (C=O) groups is 1. The van der Waals surface area contributed by atoms with Gasteiger partial charge in [-0.15, -0.1) is 0 Å². The van der Waals surface area contributed by atoms with E-state index in [-0.39, 0.29) is 11.8 Å². The molecule has 2 atom stereocenters. The standard InChI is InChI=1S/C25H24ClN3O/c1-17(19-9-5-3-6-10-19)16-27-25(30)18(2)29-23-14-13-21(26)15-22(23)24(28-29)20-11-7-4-8-12-20/h3-15,17-18H,16H2,1-2H3,(H,27,30)/t17-,18+/m1/s1. The van der Waals surface area contributed by atoms with Crippen LogP contribution in [0.1, 0.15) is 31.4 Å². The third-order valence-electron chi connectivity index (χ3n) is 5.41. The van der Waals surface area contributed by atoms with Crippen LogP contribution in [0.3, 0.4) is 0 Å². The van der Waals surface area contributed by atoms with Crippen LogP contribution in [0.25, 0.3) is 22.2 Å². The van der Waals surface area contributed by atoms with E-state index in [1.807, 2.05) is 73.7 Å². The van der Waals surface area contributed by atoms with Gasteiger partial charge in [-0.3, -0.25) is 9.48 Å². The third kappa shape index (κ3) is 4.10. The first-order chi connectivity index (χ1) is 14.5. The van der Waals surface area contributed by atoms with Crippen LogP contribution in [-0.4, -0.2) is 22.2 Å². The molecule has 0 saturated heterocycles. The van der Waals surface area contributed by atoms with Gasteiger partial charge in [-0.1, -0.05) is 79.2 Å². The van der Waals surface area contributed by atoms with E-state index in [9.17, 15) is 4.79 Å². The minimum Gasteiger partial charge on any atom is -0.354 e. The number of fused-ring (bicyclic) bond motifs is 1. The molecule has 1 aromatic heterocycles. The molecule has 1 heterocycles. The molecule has 0 spiro atoms. The van der Waals surface area contributed by atoms with Gasteiger partial charge in [0, 0.05) is 22.5 Å². The lowest BCUT2D eigenvalue weighted by Gasteiger charge is -2.17. The first-order valence-electron chi connectivity index (χ1n) is 10.1. The van der Waals surface area contributed by atoms with Crippen molar-refractivity contribution < 1.29 is 4.79 Å². The normalized spacial score (nSPS) is 13.2. The average molecular weight is 418 g/mol. The number of nitrogens with one attached hydrogen (secondary N) is 1. The van der Waals surface area contributed by atoms with Gasteiger partial charge in [0.15, 0.2) is 0 Å². The Hall–Kier alpha value is -3.11. The quantitative estimate of drug-likeness (QED) is 0.428. The summed E-state index contributed by atoms with van der Waals surface area (Å²) in [5, 5.41) is 9.47. The summed E-state index contributed by atoms with van der Waals surface area (Å²) in [5.41, 5.74) is 3.91. The van der Waals surface area contributed by atoms with Crippen LogP contribution < -0.4 is 5.32 Å². The zero-order chi connectivity index (χ0) is 21.1. The highest BCUT2D eigenvalue weighted by molar-refractivity contribution is 6.31. The van der Waals surface area contributed by atoms with Crippen LogP contribution in [0.5, 0.6) is 0 Å². The highest BCUT2D eigenvalue weighted by Gasteiger charge is 2.22. The second kappa shape index (κ2) is 8.72. The molecule has 4 aromatic rings. The third-order valence-corrected chi connectivity index (χ3v) is 5.65. The van der Waals surface area contributed by atoms with Crippen molar-refractivity contribution in [1.29, 1.82) is 0 Å². The van der Waals surface area contributed by atoms with Gasteiger partial charge < -0.3 is 5.32 Å². The van der Waals surface area contributed by atoms with Gasteiger partial charge in [0.25, 0.3) is 0 Å². The molecule has 30 heavy (non-hydrogen) atoms. The predicted molar refractivity (Wildman–Crippen MR) is 123 cm³/mol. The molecule has 0 bridgehead atoms. The second-order valence-electron chi connectivity index (χ2n) is 7.55. The van der Waals surface area contributed by atoms with Crippen molar-refractivity contribution in [2.45, 2.75) is 25.8 Å². The van der Waals surface area contributed by atoms with E-state index in [1.54, 1.807) is 4.68 Å². The lowest BCUT2D eigenvalue weighted by Crippen LogP contribution is -2.33. The molecule has 0 radical (unpaired) electrons. The van der Waals surface area contributed by atoms with Gasteiger partial charge in [0.2, 0.25) is 5.91 Å². The molecular weight excluding hydrogens is 394 g/mol. The van der Waals surface area contributed by atoms with E-state index in [2.05, 4.69) is 24.4 Å². The summed E-state index contributed by atoms with van der Waals surface area (Å²) in [5.74, 6) is 0.173. The zero-order valence-corrected chi connectivity index (χ0v) is 17.8. The van der Waals surface area contributed by atoms with Crippen LogP contribution in [0.4, 0.5) is 0 Å². The Morgan fingerprint density at radius 1 is 1.00 bits per heavy atom. The van der Waals surface area contributed by atoms with Crippen molar-refractivity contribution >= 4 is 28.4 Å². The maximum atomic E-state index is 12.9. The fourth-order valence-corrected chi connectivity index (χ4v) is 3.80. The van der Waals surface area contributed by atoms with E-state index in [1.165, 1.54) is 5.56 Å². The molecule has 0 aliphatic rings. The predicted octanol–water partition coefficient (Wildman–Crippen LogP) is 5.84. The van der Waals surface area contributed by atoms with Gasteiger partial charge in [0.1, 0.15) is 11.7 Å². The van der Waals surface area contributed by atoms with Crippen LogP contribution >= 0.6 is 11.6 Å². The molecule has 0 aliphatic heterocycles. The first-order valence-corrected chi connectivity index (χ1v) is 10.5. The first kappa shape index (κ1) is 20.2. The number of aromatic nitrogens is 2. The summed E-state index contributed by atoms with van der Waals surface area (Å²) in [6.45, 7) is 4.56. The van der Waals surface area contributed by atoms with E-state index in [0.29, 0.717) is 11.6 Å². The molecule has 152 valence electrons. The van der Waals surface area contributed by atoms with E-state index < -0.39 is 6.04 Å². The summed E-state index contributed by atoms with van der Waals surface area (Å²) in [4.78, 5) is 12.9. The van der Waals surface area contributed by atoms with E-state index in [4.69, 9.17) is 16.7 Å². The molecule has 1 amide bonds. The molecule has 0 unspecified atom stereocenters. The Morgan fingerprint density at radius 2 is 1.67 bits per heavy atom. The maximum Gasteiger partial charge on any atom is 0.244 e. The molecule has 0 aliphatic carbocycles. The Kier molecular flexibility index (Phi) is 5.86. The molecule has 4 rings (SSSR count). The van der Waals surface area contributed by atoms with Gasteiger partial charge >= 0.3 is 0 Å². The average Bonchev–Trinajstić information content (AvgIpc) is 3.16. The van der Waals surface area contributed by atoms with E-state index in [0.717, 1.165) is 22.2 Å². The highest BCUT2D eigenvalue weighted by atomic mass is 35.5. The summed E-state index contributed by atoms with van der Waals surface area (Å²) < 4.78 is 1.79. The maximum absolute atomic E-state index is 12.9. The van der Waals surface area contributed by atoms with Gasteiger partial charge in [-0.05, 0) is 36.6 Å². The number of benzene rings is 3. The molecular formula is C25H24ClN3O. The van der Waals surface area contributed by atoms with Crippen molar-refractivity contribution in [3.63, 3.8) is 0 Å². The second-order valence-corrected chi connectivity index (χ2v) is 7.99.